The number of rotatable bonds is 4. The molecule has 1 fully saturated rings. The fourth-order valence-corrected chi connectivity index (χ4v) is 3.06. The fraction of sp³-hybridized carbons (Fsp3) is 0.400. The first kappa shape index (κ1) is 12.8. The molecule has 1 aromatic carbocycles. The topological polar surface area (TPSA) is 65.1 Å². The molecule has 0 bridgehead atoms. The normalized spacial score (nSPS) is 18.8. The third-order valence-corrected chi connectivity index (χ3v) is 4.11. The maximum Gasteiger partial charge on any atom is 0.293 e. The smallest absolute Gasteiger partial charge is 0.293 e. The van der Waals surface area contributed by atoms with Gasteiger partial charge in [-0.2, -0.15) is 0 Å². The summed E-state index contributed by atoms with van der Waals surface area (Å²) in [4.78, 5) is 22.4. The lowest BCUT2D eigenvalue weighted by Crippen LogP contribution is -2.10. The number of carbonyl (C=O) groups excluding carboxylic acids is 1. The van der Waals surface area contributed by atoms with E-state index in [4.69, 9.17) is 0 Å². The number of Topliss-reactive ketones (excluding diaryl/α,β-unsaturated/α-hetero) is 1. The van der Waals surface area contributed by atoms with Gasteiger partial charge in [-0.15, -0.1) is 0 Å². The third kappa shape index (κ3) is 2.19. The van der Waals surface area contributed by atoms with Gasteiger partial charge in [-0.05, 0) is 25.3 Å². The summed E-state index contributed by atoms with van der Waals surface area (Å²) in [6.07, 6.45) is 5.28. The van der Waals surface area contributed by atoms with E-state index in [1.165, 1.54) is 6.07 Å². The molecular formula is C15H16N2O3. The molecule has 0 radical (unpaired) electrons. The molecule has 1 aliphatic rings. The van der Waals surface area contributed by atoms with E-state index in [1.54, 1.807) is 6.07 Å². The first-order chi connectivity index (χ1) is 9.66. The summed E-state index contributed by atoms with van der Waals surface area (Å²) in [6, 6.07) is 6.99. The molecule has 2 aromatic rings. The number of nitrogens with zero attached hydrogens (tertiary/aromatic N) is 2. The number of para-hydroxylation sites is 1. The van der Waals surface area contributed by atoms with Crippen molar-refractivity contribution < 1.29 is 9.72 Å². The number of non-ortho nitro benzene ring substituents is 1. The van der Waals surface area contributed by atoms with Crippen LogP contribution in [0.4, 0.5) is 5.69 Å². The Morgan fingerprint density at radius 3 is 2.90 bits per heavy atom. The van der Waals surface area contributed by atoms with E-state index >= 15 is 0 Å². The molecule has 0 aliphatic heterocycles. The molecule has 0 spiro atoms. The molecule has 1 heterocycles. The monoisotopic (exact) mass is 272 g/mol. The lowest BCUT2D eigenvalue weighted by atomic mass is 10.0. The highest BCUT2D eigenvalue weighted by molar-refractivity contribution is 5.88. The van der Waals surface area contributed by atoms with Gasteiger partial charge in [0.25, 0.3) is 5.69 Å². The van der Waals surface area contributed by atoms with E-state index in [2.05, 4.69) is 0 Å². The van der Waals surface area contributed by atoms with Crippen LogP contribution in [0.5, 0.6) is 0 Å². The molecule has 104 valence electrons. The first-order valence-electron chi connectivity index (χ1n) is 6.92. The summed E-state index contributed by atoms with van der Waals surface area (Å²) in [6.45, 7) is 0.658. The molecular weight excluding hydrogens is 256 g/mol. The minimum Gasteiger partial charge on any atom is -0.342 e. The van der Waals surface area contributed by atoms with Gasteiger partial charge in [0.05, 0.1) is 4.92 Å². The molecule has 0 amide bonds. The molecule has 1 aromatic heterocycles. The minimum atomic E-state index is -0.348. The van der Waals surface area contributed by atoms with Crippen LogP contribution in [0.25, 0.3) is 10.9 Å². The lowest BCUT2D eigenvalue weighted by molar-refractivity contribution is -0.383. The van der Waals surface area contributed by atoms with Gasteiger partial charge in [0, 0.05) is 36.5 Å². The highest BCUT2D eigenvalue weighted by Gasteiger charge is 2.24. The van der Waals surface area contributed by atoms with Gasteiger partial charge in [0.1, 0.15) is 11.3 Å². The van der Waals surface area contributed by atoms with Crippen molar-refractivity contribution in [2.75, 3.05) is 0 Å². The Balaban J connectivity index is 1.88. The Morgan fingerprint density at radius 2 is 2.20 bits per heavy atom. The van der Waals surface area contributed by atoms with Gasteiger partial charge >= 0.3 is 0 Å². The van der Waals surface area contributed by atoms with E-state index in [-0.39, 0.29) is 16.5 Å². The number of nitro benzene ring substituents is 1. The minimum absolute atomic E-state index is 0.130. The Labute approximate surface area is 116 Å². The van der Waals surface area contributed by atoms with Crippen LogP contribution in [0.3, 0.4) is 0 Å². The van der Waals surface area contributed by atoms with E-state index in [9.17, 15) is 14.9 Å². The van der Waals surface area contributed by atoms with Crippen molar-refractivity contribution in [1.82, 2.24) is 4.57 Å². The van der Waals surface area contributed by atoms with Crippen LogP contribution in [0.1, 0.15) is 25.7 Å². The van der Waals surface area contributed by atoms with Gasteiger partial charge in [0.2, 0.25) is 0 Å². The highest BCUT2D eigenvalue weighted by Crippen LogP contribution is 2.29. The standard InChI is InChI=1S/C15H16N2O3/c18-14-6-2-3-11(14)7-9-16-10-8-12-4-1-5-13(15(12)16)17(19)20/h1,4-5,8,10-11H,2-3,6-7,9H2. The second kappa shape index (κ2) is 5.07. The number of hydrogen-bond donors (Lipinski definition) is 0. The number of fused-ring (bicyclic) bond motifs is 1. The van der Waals surface area contributed by atoms with Crippen molar-refractivity contribution >= 4 is 22.4 Å². The van der Waals surface area contributed by atoms with Crippen molar-refractivity contribution in [2.24, 2.45) is 5.92 Å². The zero-order valence-electron chi connectivity index (χ0n) is 11.1. The molecule has 20 heavy (non-hydrogen) atoms. The Hall–Kier alpha value is -2.17. The summed E-state index contributed by atoms with van der Waals surface area (Å²) in [5.41, 5.74) is 0.785. The quantitative estimate of drug-likeness (QED) is 0.633. The van der Waals surface area contributed by atoms with Gasteiger partial charge in [-0.1, -0.05) is 12.1 Å². The Bertz CT molecular complexity index is 675. The van der Waals surface area contributed by atoms with Gasteiger partial charge < -0.3 is 4.57 Å². The average molecular weight is 272 g/mol. The first-order valence-corrected chi connectivity index (χ1v) is 6.92. The van der Waals surface area contributed by atoms with Gasteiger partial charge in [0.15, 0.2) is 0 Å². The summed E-state index contributed by atoms with van der Waals surface area (Å²) < 4.78 is 1.90. The second-order valence-corrected chi connectivity index (χ2v) is 5.33. The zero-order valence-corrected chi connectivity index (χ0v) is 11.1. The van der Waals surface area contributed by atoms with E-state index in [0.717, 1.165) is 24.6 Å². The van der Waals surface area contributed by atoms with Crippen molar-refractivity contribution in [3.63, 3.8) is 0 Å². The highest BCUT2D eigenvalue weighted by atomic mass is 16.6. The summed E-state index contributed by atoms with van der Waals surface area (Å²) in [7, 11) is 0. The number of ketones is 1. The van der Waals surface area contributed by atoms with Crippen LogP contribution >= 0.6 is 0 Å². The van der Waals surface area contributed by atoms with Crippen LogP contribution in [0, 0.1) is 16.0 Å². The van der Waals surface area contributed by atoms with Gasteiger partial charge in [-0.25, -0.2) is 0 Å². The molecule has 0 N–H and O–H groups in total. The number of aromatic nitrogens is 1. The largest absolute Gasteiger partial charge is 0.342 e. The molecule has 1 unspecified atom stereocenters. The van der Waals surface area contributed by atoms with Crippen LogP contribution < -0.4 is 0 Å². The van der Waals surface area contributed by atoms with Crippen LogP contribution in [-0.2, 0) is 11.3 Å². The van der Waals surface area contributed by atoms with Crippen molar-refractivity contribution in [1.29, 1.82) is 0 Å². The van der Waals surface area contributed by atoms with Crippen LogP contribution in [0.2, 0.25) is 0 Å². The SMILES string of the molecule is O=C1CCCC1CCn1ccc2cccc([N+](=O)[O-])c21. The molecule has 1 saturated carbocycles. The van der Waals surface area contributed by atoms with Crippen LogP contribution in [-0.4, -0.2) is 15.3 Å². The summed E-state index contributed by atoms with van der Waals surface area (Å²) in [5.74, 6) is 0.478. The van der Waals surface area contributed by atoms with Crippen molar-refractivity contribution in [3.05, 3.63) is 40.6 Å². The predicted molar refractivity (Wildman–Crippen MR) is 75.6 cm³/mol. The number of aryl methyl sites for hydroxylation is 1. The lowest BCUT2D eigenvalue weighted by Gasteiger charge is -2.10. The fourth-order valence-electron chi connectivity index (χ4n) is 3.06. The van der Waals surface area contributed by atoms with Crippen molar-refractivity contribution in [3.8, 4) is 0 Å². The molecule has 5 heteroatoms. The number of benzene rings is 1. The van der Waals surface area contributed by atoms with Crippen molar-refractivity contribution in [2.45, 2.75) is 32.2 Å². The van der Waals surface area contributed by atoms with E-state index in [1.807, 2.05) is 22.9 Å². The molecule has 5 nitrogen and oxygen atoms in total. The number of nitro groups is 1. The zero-order chi connectivity index (χ0) is 14.1. The predicted octanol–water partition coefficient (Wildman–Crippen LogP) is 3.31. The van der Waals surface area contributed by atoms with Crippen LogP contribution in [0.15, 0.2) is 30.5 Å². The maximum atomic E-state index is 11.7. The number of carbonyl (C=O) groups is 1. The maximum absolute atomic E-state index is 11.7. The third-order valence-electron chi connectivity index (χ3n) is 4.11. The Kier molecular flexibility index (Phi) is 3.26. The average Bonchev–Trinajstić information content (AvgIpc) is 3.02. The summed E-state index contributed by atoms with van der Waals surface area (Å²) >= 11 is 0. The summed E-state index contributed by atoms with van der Waals surface area (Å²) in [5, 5.41) is 12.0. The molecule has 1 atom stereocenters. The molecule has 1 aliphatic carbocycles. The number of hydrogen-bond acceptors (Lipinski definition) is 3. The molecule has 3 rings (SSSR count). The Morgan fingerprint density at radius 1 is 1.35 bits per heavy atom. The van der Waals surface area contributed by atoms with E-state index in [0.29, 0.717) is 24.3 Å². The second-order valence-electron chi connectivity index (χ2n) is 5.33. The van der Waals surface area contributed by atoms with Gasteiger partial charge in [-0.3, -0.25) is 14.9 Å². The molecule has 0 saturated heterocycles. The van der Waals surface area contributed by atoms with E-state index < -0.39 is 0 Å².